The summed E-state index contributed by atoms with van der Waals surface area (Å²) in [4.78, 5) is 10.7. The molecule has 1 aromatic heterocycles. The fourth-order valence-corrected chi connectivity index (χ4v) is 3.42. The molecule has 2 aromatic carbocycles. The van der Waals surface area contributed by atoms with Crippen LogP contribution in [0.15, 0.2) is 47.8 Å². The minimum absolute atomic E-state index is 0.341. The molecule has 0 fully saturated rings. The molecule has 3 nitrogen and oxygen atoms in total. The van der Waals surface area contributed by atoms with E-state index in [1.807, 2.05) is 42.6 Å². The Bertz CT molecular complexity index is 955. The van der Waals surface area contributed by atoms with Crippen LogP contribution in [0.4, 0.5) is 0 Å². The van der Waals surface area contributed by atoms with Gasteiger partial charge in [-0.05, 0) is 35.7 Å². The molecule has 124 valence electrons. The lowest BCUT2D eigenvalue weighted by atomic mass is 10.0. The van der Waals surface area contributed by atoms with Crippen LogP contribution in [0.2, 0.25) is 5.02 Å². The Labute approximate surface area is 155 Å². The molecule has 0 spiro atoms. The minimum Gasteiger partial charge on any atom is -0.478 e. The first-order valence-electron chi connectivity index (χ1n) is 7.57. The van der Waals surface area contributed by atoms with Crippen LogP contribution in [-0.4, -0.2) is 6.29 Å². The number of aldehydes is 1. The third kappa shape index (κ3) is 3.74. The number of rotatable bonds is 5. The number of benzene rings is 2. The second-order valence-corrected chi connectivity index (χ2v) is 6.79. The molecular formula is C20H14ClNO2S. The first-order valence-corrected chi connectivity index (χ1v) is 8.83. The molecule has 1 heterocycles. The molecule has 0 aliphatic heterocycles. The molecule has 0 amide bonds. The Morgan fingerprint density at radius 3 is 2.64 bits per heavy atom. The summed E-state index contributed by atoms with van der Waals surface area (Å²) in [5.41, 5.74) is 4.84. The topological polar surface area (TPSA) is 50.1 Å². The number of carbonyl (C=O) groups excluding carboxylic acids is 1. The second kappa shape index (κ2) is 7.52. The van der Waals surface area contributed by atoms with E-state index in [-0.39, 0.29) is 0 Å². The van der Waals surface area contributed by atoms with Gasteiger partial charge in [0, 0.05) is 21.5 Å². The van der Waals surface area contributed by atoms with Gasteiger partial charge in [-0.25, -0.2) is 0 Å². The van der Waals surface area contributed by atoms with Crippen molar-refractivity contribution >= 4 is 29.2 Å². The number of nitriles is 1. The molecule has 0 saturated heterocycles. The molecule has 0 bridgehead atoms. The van der Waals surface area contributed by atoms with Crippen LogP contribution in [0.25, 0.3) is 11.1 Å². The highest BCUT2D eigenvalue weighted by molar-refractivity contribution is 7.12. The molecule has 0 unspecified atom stereocenters. The zero-order chi connectivity index (χ0) is 17.8. The summed E-state index contributed by atoms with van der Waals surface area (Å²) in [5.74, 6) is 0. The second-order valence-electron chi connectivity index (χ2n) is 5.54. The maximum Gasteiger partial charge on any atom is 0.192 e. The average molecular weight is 368 g/mol. The van der Waals surface area contributed by atoms with Crippen LogP contribution in [0.5, 0.6) is 5.06 Å². The van der Waals surface area contributed by atoms with Crippen LogP contribution >= 0.6 is 22.9 Å². The van der Waals surface area contributed by atoms with Gasteiger partial charge in [0.25, 0.3) is 0 Å². The van der Waals surface area contributed by atoms with E-state index in [1.165, 1.54) is 11.3 Å². The lowest BCUT2D eigenvalue weighted by Crippen LogP contribution is -1.95. The molecule has 0 saturated carbocycles. The van der Waals surface area contributed by atoms with Crippen molar-refractivity contribution < 1.29 is 9.53 Å². The van der Waals surface area contributed by atoms with Crippen molar-refractivity contribution in [1.29, 1.82) is 5.26 Å². The molecule has 0 aliphatic rings. The summed E-state index contributed by atoms with van der Waals surface area (Å²) < 4.78 is 5.83. The molecule has 0 atom stereocenters. The fraction of sp³-hybridized carbons (Fsp3) is 0.100. The largest absolute Gasteiger partial charge is 0.478 e. The number of carbonyl (C=O) groups is 1. The fourth-order valence-electron chi connectivity index (χ4n) is 2.42. The molecule has 0 N–H and O–H groups in total. The van der Waals surface area contributed by atoms with Crippen molar-refractivity contribution in [3.05, 3.63) is 75.1 Å². The van der Waals surface area contributed by atoms with Gasteiger partial charge >= 0.3 is 0 Å². The first kappa shape index (κ1) is 17.2. The number of hydrogen-bond acceptors (Lipinski definition) is 4. The lowest BCUT2D eigenvalue weighted by molar-refractivity contribution is 0.112. The number of ether oxygens (including phenoxy) is 1. The molecule has 3 rings (SSSR count). The third-order valence-corrected chi connectivity index (χ3v) is 5.14. The minimum atomic E-state index is 0.341. The normalized spacial score (nSPS) is 10.3. The number of halogens is 1. The van der Waals surface area contributed by atoms with Crippen molar-refractivity contribution in [1.82, 2.24) is 0 Å². The molecular weight excluding hydrogens is 354 g/mol. The average Bonchev–Trinajstić information content (AvgIpc) is 3.05. The van der Waals surface area contributed by atoms with E-state index in [2.05, 4.69) is 6.07 Å². The van der Waals surface area contributed by atoms with E-state index in [4.69, 9.17) is 16.3 Å². The summed E-state index contributed by atoms with van der Waals surface area (Å²) in [7, 11) is 0. The Morgan fingerprint density at radius 1 is 1.24 bits per heavy atom. The van der Waals surface area contributed by atoms with Crippen LogP contribution in [-0.2, 0) is 6.61 Å². The lowest BCUT2D eigenvalue weighted by Gasteiger charge is -2.06. The van der Waals surface area contributed by atoms with Crippen LogP contribution in [0, 0.1) is 18.3 Å². The van der Waals surface area contributed by atoms with Crippen molar-refractivity contribution in [3.8, 4) is 22.3 Å². The van der Waals surface area contributed by atoms with E-state index in [1.54, 1.807) is 12.1 Å². The Hall–Kier alpha value is -2.61. The van der Waals surface area contributed by atoms with Crippen LogP contribution < -0.4 is 4.74 Å². The smallest absolute Gasteiger partial charge is 0.192 e. The Kier molecular flexibility index (Phi) is 5.18. The highest BCUT2D eigenvalue weighted by Crippen LogP contribution is 2.38. The van der Waals surface area contributed by atoms with Crippen LogP contribution in [0.1, 0.15) is 27.0 Å². The van der Waals surface area contributed by atoms with Gasteiger partial charge in [-0.2, -0.15) is 5.26 Å². The van der Waals surface area contributed by atoms with Gasteiger partial charge in [0.15, 0.2) is 5.06 Å². The summed E-state index contributed by atoms with van der Waals surface area (Å²) in [6.45, 7) is 2.28. The predicted octanol–water partition coefficient (Wildman–Crippen LogP) is 5.64. The van der Waals surface area contributed by atoms with E-state index in [0.29, 0.717) is 27.8 Å². The standard InChI is InChI=1S/C20H14ClNO2S/c1-13-8-16(6-7-19(13)21)18-12-25-20(17(18)9-22)24-11-15-4-2-14(10-23)3-5-15/h2-8,10,12H,11H2,1H3. The molecule has 25 heavy (non-hydrogen) atoms. The monoisotopic (exact) mass is 367 g/mol. The van der Waals surface area contributed by atoms with Gasteiger partial charge in [-0.15, -0.1) is 11.3 Å². The SMILES string of the molecule is Cc1cc(-c2csc(OCc3ccc(C=O)cc3)c2C#N)ccc1Cl. The Balaban J connectivity index is 1.83. The van der Waals surface area contributed by atoms with Gasteiger partial charge in [-0.1, -0.05) is 41.9 Å². The zero-order valence-corrected chi connectivity index (χ0v) is 15.0. The Morgan fingerprint density at radius 2 is 2.00 bits per heavy atom. The zero-order valence-electron chi connectivity index (χ0n) is 13.5. The van der Waals surface area contributed by atoms with Gasteiger partial charge < -0.3 is 4.74 Å². The highest BCUT2D eigenvalue weighted by Gasteiger charge is 2.15. The number of aryl methyl sites for hydroxylation is 1. The maximum absolute atomic E-state index is 10.7. The number of thiophene rings is 1. The quantitative estimate of drug-likeness (QED) is 0.548. The summed E-state index contributed by atoms with van der Waals surface area (Å²) >= 11 is 7.48. The third-order valence-electron chi connectivity index (χ3n) is 3.82. The molecule has 5 heteroatoms. The summed E-state index contributed by atoms with van der Waals surface area (Å²) in [5, 5.41) is 12.8. The molecule has 3 aromatic rings. The number of nitrogens with zero attached hydrogens (tertiary/aromatic N) is 1. The van der Waals surface area contributed by atoms with Crippen molar-refractivity contribution in [3.63, 3.8) is 0 Å². The van der Waals surface area contributed by atoms with Crippen LogP contribution in [0.3, 0.4) is 0 Å². The van der Waals surface area contributed by atoms with Gasteiger partial charge in [0.1, 0.15) is 24.5 Å². The van der Waals surface area contributed by atoms with E-state index in [9.17, 15) is 10.1 Å². The molecule has 0 aliphatic carbocycles. The van der Waals surface area contributed by atoms with Crippen molar-refractivity contribution in [2.24, 2.45) is 0 Å². The van der Waals surface area contributed by atoms with Gasteiger partial charge in [-0.3, -0.25) is 4.79 Å². The van der Waals surface area contributed by atoms with Crippen molar-refractivity contribution in [2.45, 2.75) is 13.5 Å². The number of hydrogen-bond donors (Lipinski definition) is 0. The van der Waals surface area contributed by atoms with Crippen molar-refractivity contribution in [2.75, 3.05) is 0 Å². The van der Waals surface area contributed by atoms with Gasteiger partial charge in [0.2, 0.25) is 0 Å². The molecule has 0 radical (unpaired) electrons. The van der Waals surface area contributed by atoms with E-state index in [0.717, 1.165) is 28.5 Å². The van der Waals surface area contributed by atoms with E-state index < -0.39 is 0 Å². The highest BCUT2D eigenvalue weighted by atomic mass is 35.5. The summed E-state index contributed by atoms with van der Waals surface area (Å²) in [6, 6.07) is 15.1. The van der Waals surface area contributed by atoms with E-state index >= 15 is 0 Å². The first-order chi connectivity index (χ1) is 12.1. The summed E-state index contributed by atoms with van der Waals surface area (Å²) in [6.07, 6.45) is 0.804. The predicted molar refractivity (Wildman–Crippen MR) is 100 cm³/mol. The van der Waals surface area contributed by atoms with Gasteiger partial charge in [0.05, 0.1) is 0 Å². The maximum atomic E-state index is 10.7.